The smallest absolute Gasteiger partial charge is 0.227 e. The van der Waals surface area contributed by atoms with Crippen LogP contribution in [0.1, 0.15) is 23.7 Å². The van der Waals surface area contributed by atoms with E-state index < -0.39 is 0 Å². The number of nitrogens with zero attached hydrogens (tertiary/aromatic N) is 4. The number of likely N-dealkylation sites (tertiary alicyclic amines) is 1. The zero-order valence-electron chi connectivity index (χ0n) is 15.4. The Bertz CT molecular complexity index is 944. The second kappa shape index (κ2) is 8.21. The first-order valence-electron chi connectivity index (χ1n) is 9.28. The molecule has 1 aliphatic heterocycles. The number of rotatable bonds is 6. The van der Waals surface area contributed by atoms with Gasteiger partial charge in [-0.25, -0.2) is 9.07 Å². The predicted molar refractivity (Wildman–Crippen MR) is 101 cm³/mol. The lowest BCUT2D eigenvalue weighted by Gasteiger charge is -2.16. The largest absolute Gasteiger partial charge is 0.487 e. The molecule has 1 fully saturated rings. The Labute approximate surface area is 162 Å². The molecule has 1 aromatic heterocycles. The summed E-state index contributed by atoms with van der Waals surface area (Å²) < 4.78 is 20.8. The third kappa shape index (κ3) is 4.36. The van der Waals surface area contributed by atoms with Gasteiger partial charge < -0.3 is 9.64 Å². The molecule has 0 N–H and O–H groups in total. The first kappa shape index (κ1) is 18.2. The summed E-state index contributed by atoms with van der Waals surface area (Å²) in [5.74, 6) is 0.463. The maximum absolute atomic E-state index is 13.3. The van der Waals surface area contributed by atoms with Crippen molar-refractivity contribution in [2.75, 3.05) is 13.1 Å². The summed E-state index contributed by atoms with van der Waals surface area (Å²) in [6, 6.07) is 15.8. The van der Waals surface area contributed by atoms with Gasteiger partial charge >= 0.3 is 0 Å². The molecule has 28 heavy (non-hydrogen) atoms. The van der Waals surface area contributed by atoms with Crippen LogP contribution in [0.25, 0.3) is 0 Å². The van der Waals surface area contributed by atoms with E-state index in [9.17, 15) is 9.18 Å². The van der Waals surface area contributed by atoms with E-state index in [2.05, 4.69) is 10.3 Å². The molecule has 2 heterocycles. The van der Waals surface area contributed by atoms with Crippen LogP contribution in [0, 0.1) is 5.82 Å². The molecule has 1 saturated heterocycles. The second-order valence-electron chi connectivity index (χ2n) is 6.88. The first-order chi connectivity index (χ1) is 13.7. The second-order valence-corrected chi connectivity index (χ2v) is 6.88. The zero-order valence-corrected chi connectivity index (χ0v) is 15.4. The van der Waals surface area contributed by atoms with Gasteiger partial charge in [-0.15, -0.1) is 5.10 Å². The van der Waals surface area contributed by atoms with E-state index in [0.29, 0.717) is 25.3 Å². The monoisotopic (exact) mass is 380 g/mol. The Kier molecular flexibility index (Phi) is 5.32. The number of aromatic nitrogens is 3. The fourth-order valence-electron chi connectivity index (χ4n) is 3.35. The Morgan fingerprint density at radius 2 is 2.04 bits per heavy atom. The highest BCUT2D eigenvalue weighted by molar-refractivity contribution is 5.79. The van der Waals surface area contributed by atoms with Crippen LogP contribution in [-0.4, -0.2) is 38.9 Å². The van der Waals surface area contributed by atoms with Gasteiger partial charge in [0, 0.05) is 13.1 Å². The summed E-state index contributed by atoms with van der Waals surface area (Å²) in [7, 11) is 0. The summed E-state index contributed by atoms with van der Waals surface area (Å²) in [6.07, 6.45) is 2.89. The Morgan fingerprint density at radius 1 is 1.18 bits per heavy atom. The van der Waals surface area contributed by atoms with E-state index >= 15 is 0 Å². The summed E-state index contributed by atoms with van der Waals surface area (Å²) in [4.78, 5) is 14.3. The van der Waals surface area contributed by atoms with E-state index in [1.54, 1.807) is 21.7 Å². The lowest BCUT2D eigenvalue weighted by atomic mass is 10.1. The van der Waals surface area contributed by atoms with Gasteiger partial charge in [0.1, 0.15) is 23.9 Å². The third-order valence-corrected chi connectivity index (χ3v) is 4.82. The molecule has 0 aliphatic carbocycles. The highest BCUT2D eigenvalue weighted by Gasteiger charge is 2.28. The van der Waals surface area contributed by atoms with Crippen molar-refractivity contribution in [1.29, 1.82) is 0 Å². The maximum Gasteiger partial charge on any atom is 0.227 e. The predicted octanol–water partition coefficient (Wildman–Crippen LogP) is 3.01. The molecule has 1 aliphatic rings. The summed E-state index contributed by atoms with van der Waals surface area (Å²) in [5, 5.41) is 8.36. The van der Waals surface area contributed by atoms with Crippen LogP contribution < -0.4 is 4.74 Å². The first-order valence-corrected chi connectivity index (χ1v) is 9.28. The molecule has 1 amide bonds. The molecule has 144 valence electrons. The molecule has 4 rings (SSSR count). The topological polar surface area (TPSA) is 60.2 Å². The number of ether oxygens (including phenoxy) is 1. The number of hydrogen-bond donors (Lipinski definition) is 0. The molecule has 1 atom stereocenters. The number of carbonyl (C=O) groups excluding carboxylic acids is 1. The highest BCUT2D eigenvalue weighted by Crippen LogP contribution is 2.22. The fraction of sp³-hybridized carbons (Fsp3) is 0.286. The van der Waals surface area contributed by atoms with Crippen LogP contribution in [0.3, 0.4) is 0 Å². The molecular weight excluding hydrogens is 359 g/mol. The van der Waals surface area contributed by atoms with Crippen molar-refractivity contribution in [2.45, 2.75) is 25.5 Å². The van der Waals surface area contributed by atoms with Crippen molar-refractivity contribution in [3.63, 3.8) is 0 Å². The van der Waals surface area contributed by atoms with Crippen LogP contribution >= 0.6 is 0 Å². The van der Waals surface area contributed by atoms with Crippen LogP contribution in [0.15, 0.2) is 60.8 Å². The van der Waals surface area contributed by atoms with Gasteiger partial charge in [0.25, 0.3) is 0 Å². The SMILES string of the molecule is O=C(Cc1cccc(F)c1)N1CCC(n2cc(COc3ccccc3)nn2)C1. The Hall–Kier alpha value is -3.22. The lowest BCUT2D eigenvalue weighted by molar-refractivity contribution is -0.129. The molecule has 0 bridgehead atoms. The molecule has 6 nitrogen and oxygen atoms in total. The average molecular weight is 380 g/mol. The maximum atomic E-state index is 13.3. The highest BCUT2D eigenvalue weighted by atomic mass is 19.1. The van der Waals surface area contributed by atoms with Crippen molar-refractivity contribution in [1.82, 2.24) is 19.9 Å². The number of para-hydroxylation sites is 1. The van der Waals surface area contributed by atoms with E-state index in [1.165, 1.54) is 12.1 Å². The summed E-state index contributed by atoms with van der Waals surface area (Å²) in [5.41, 5.74) is 1.43. The minimum atomic E-state index is -0.322. The summed E-state index contributed by atoms with van der Waals surface area (Å²) in [6.45, 7) is 1.59. The number of amides is 1. The van der Waals surface area contributed by atoms with Gasteiger partial charge in [-0.2, -0.15) is 0 Å². The van der Waals surface area contributed by atoms with E-state index in [1.807, 2.05) is 36.5 Å². The number of benzene rings is 2. The van der Waals surface area contributed by atoms with Crippen LogP contribution in [0.4, 0.5) is 4.39 Å². The zero-order chi connectivity index (χ0) is 19.3. The molecule has 2 aromatic carbocycles. The van der Waals surface area contributed by atoms with Gasteiger partial charge in [-0.05, 0) is 36.2 Å². The molecule has 0 saturated carbocycles. The van der Waals surface area contributed by atoms with Crippen LogP contribution in [0.5, 0.6) is 5.75 Å². The minimum absolute atomic E-state index is 0.000787. The van der Waals surface area contributed by atoms with Crippen LogP contribution in [0.2, 0.25) is 0 Å². The molecule has 3 aromatic rings. The fourth-order valence-corrected chi connectivity index (χ4v) is 3.35. The van der Waals surface area contributed by atoms with E-state index in [-0.39, 0.29) is 24.2 Å². The Morgan fingerprint density at radius 3 is 2.86 bits per heavy atom. The quantitative estimate of drug-likeness (QED) is 0.660. The number of halogens is 1. The summed E-state index contributed by atoms with van der Waals surface area (Å²) >= 11 is 0. The standard InChI is InChI=1S/C21H21FN4O2/c22-17-6-4-5-16(11-17)12-21(27)25-10-9-19(14-25)26-13-18(23-24-26)15-28-20-7-2-1-3-8-20/h1-8,11,13,19H,9-10,12,14-15H2. The van der Waals surface area contributed by atoms with Gasteiger partial charge in [-0.1, -0.05) is 35.5 Å². The number of carbonyl (C=O) groups is 1. The van der Waals surface area contributed by atoms with Gasteiger partial charge in [0.2, 0.25) is 5.91 Å². The van der Waals surface area contributed by atoms with Gasteiger partial charge in [-0.3, -0.25) is 4.79 Å². The third-order valence-electron chi connectivity index (χ3n) is 4.82. The van der Waals surface area contributed by atoms with Crippen molar-refractivity contribution >= 4 is 5.91 Å². The Balaban J connectivity index is 1.31. The van der Waals surface area contributed by atoms with E-state index in [0.717, 1.165) is 17.9 Å². The molecule has 0 radical (unpaired) electrons. The molecular formula is C21H21FN4O2. The average Bonchev–Trinajstić information content (AvgIpc) is 3.37. The van der Waals surface area contributed by atoms with E-state index in [4.69, 9.17) is 4.74 Å². The molecule has 7 heteroatoms. The van der Waals surface area contributed by atoms with Gasteiger partial charge in [0.15, 0.2) is 0 Å². The molecule has 0 spiro atoms. The van der Waals surface area contributed by atoms with Crippen LogP contribution in [-0.2, 0) is 17.8 Å². The van der Waals surface area contributed by atoms with Crippen molar-refractivity contribution < 1.29 is 13.9 Å². The molecule has 1 unspecified atom stereocenters. The van der Waals surface area contributed by atoms with Gasteiger partial charge in [0.05, 0.1) is 18.7 Å². The minimum Gasteiger partial charge on any atom is -0.487 e. The normalized spacial score (nSPS) is 16.3. The lowest BCUT2D eigenvalue weighted by Crippen LogP contribution is -2.30. The number of hydrogen-bond acceptors (Lipinski definition) is 4. The van der Waals surface area contributed by atoms with Crippen molar-refractivity contribution in [3.05, 3.63) is 77.9 Å². The van der Waals surface area contributed by atoms with Crippen molar-refractivity contribution in [2.24, 2.45) is 0 Å². The van der Waals surface area contributed by atoms with Crippen molar-refractivity contribution in [3.8, 4) is 5.75 Å².